The zero-order chi connectivity index (χ0) is 11.7. The fraction of sp³-hybridized carbons (Fsp3) is 0.400. The molecule has 0 radical (unpaired) electrons. The highest BCUT2D eigenvalue weighted by Gasteiger charge is 2.43. The Bertz CT molecular complexity index is 271. The first-order valence-corrected chi connectivity index (χ1v) is 2.86. The molecule has 0 aromatic carbocycles. The molecule has 0 aliphatic heterocycles. The van der Waals surface area contributed by atoms with Crippen LogP contribution < -0.4 is 5.73 Å². The second-order valence-electron chi connectivity index (χ2n) is 2.10. The Balaban J connectivity index is 5.14. The van der Waals surface area contributed by atoms with E-state index in [0.29, 0.717) is 0 Å². The lowest BCUT2D eigenvalue weighted by atomic mass is 10.2. The molecule has 0 saturated heterocycles. The quantitative estimate of drug-likeness (QED) is 0.521. The summed E-state index contributed by atoms with van der Waals surface area (Å²) >= 11 is 0. The SMILES string of the molecule is N=C(C(F)=C(N)C(F)(F)F)C(F)(F)F. The zero-order valence-corrected chi connectivity index (χ0v) is 6.22. The molecule has 9 heteroatoms. The van der Waals surface area contributed by atoms with Crippen molar-refractivity contribution in [1.29, 1.82) is 5.41 Å². The third-order valence-electron chi connectivity index (χ3n) is 1.04. The molecule has 3 N–H and O–H groups in total. The molecule has 82 valence electrons. The fourth-order valence-corrected chi connectivity index (χ4v) is 0.384. The minimum atomic E-state index is -5.50. The van der Waals surface area contributed by atoms with Gasteiger partial charge in [-0.3, -0.25) is 5.41 Å². The Morgan fingerprint density at radius 3 is 1.50 bits per heavy atom. The summed E-state index contributed by atoms with van der Waals surface area (Å²) in [6.45, 7) is 0. The van der Waals surface area contributed by atoms with Gasteiger partial charge in [0, 0.05) is 0 Å². The Morgan fingerprint density at radius 2 is 1.29 bits per heavy atom. The smallest absolute Gasteiger partial charge is 0.392 e. The van der Waals surface area contributed by atoms with Gasteiger partial charge in [-0.1, -0.05) is 0 Å². The predicted molar refractivity (Wildman–Crippen MR) is 32.2 cm³/mol. The summed E-state index contributed by atoms with van der Waals surface area (Å²) in [5.74, 6) is -2.83. The molecule has 0 rings (SSSR count). The van der Waals surface area contributed by atoms with Crippen LogP contribution in [0.3, 0.4) is 0 Å². The van der Waals surface area contributed by atoms with Crippen molar-refractivity contribution < 1.29 is 30.7 Å². The summed E-state index contributed by atoms with van der Waals surface area (Å²) in [5.41, 5.74) is -1.30. The Labute approximate surface area is 72.7 Å². The molecule has 0 bridgehead atoms. The van der Waals surface area contributed by atoms with E-state index >= 15 is 0 Å². The maximum absolute atomic E-state index is 12.3. The van der Waals surface area contributed by atoms with Crippen molar-refractivity contribution in [3.63, 3.8) is 0 Å². The van der Waals surface area contributed by atoms with Crippen LogP contribution in [0.15, 0.2) is 11.5 Å². The molecular formula is C5H3F7N2. The normalized spacial score (nSPS) is 15.1. The lowest BCUT2D eigenvalue weighted by molar-refractivity contribution is -0.0948. The number of alkyl halides is 6. The molecule has 14 heavy (non-hydrogen) atoms. The van der Waals surface area contributed by atoms with Crippen molar-refractivity contribution in [2.24, 2.45) is 5.73 Å². The van der Waals surface area contributed by atoms with E-state index in [0.717, 1.165) is 0 Å². The first-order valence-electron chi connectivity index (χ1n) is 2.86. The molecule has 0 aromatic rings. The van der Waals surface area contributed by atoms with Gasteiger partial charge in [-0.05, 0) is 0 Å². The van der Waals surface area contributed by atoms with Crippen LogP contribution in [0.25, 0.3) is 0 Å². The van der Waals surface area contributed by atoms with Crippen molar-refractivity contribution in [3.05, 3.63) is 11.5 Å². The van der Waals surface area contributed by atoms with Crippen LogP contribution in [-0.4, -0.2) is 18.1 Å². The van der Waals surface area contributed by atoms with Crippen molar-refractivity contribution in [2.45, 2.75) is 12.4 Å². The molecule has 0 fully saturated rings. The van der Waals surface area contributed by atoms with Gasteiger partial charge in [0.25, 0.3) is 0 Å². The van der Waals surface area contributed by atoms with Crippen LogP contribution in [0.2, 0.25) is 0 Å². The van der Waals surface area contributed by atoms with E-state index in [1.807, 2.05) is 0 Å². The molecule has 0 aromatic heterocycles. The van der Waals surface area contributed by atoms with Crippen LogP contribution in [-0.2, 0) is 0 Å². The van der Waals surface area contributed by atoms with Gasteiger partial charge in [0.2, 0.25) is 0 Å². The van der Waals surface area contributed by atoms with Gasteiger partial charge < -0.3 is 5.73 Å². The van der Waals surface area contributed by atoms with Gasteiger partial charge in [-0.15, -0.1) is 0 Å². The van der Waals surface area contributed by atoms with Gasteiger partial charge in [-0.2, -0.15) is 26.3 Å². The summed E-state index contributed by atoms with van der Waals surface area (Å²) in [5, 5.41) is 6.02. The molecule has 0 heterocycles. The second-order valence-corrected chi connectivity index (χ2v) is 2.10. The van der Waals surface area contributed by atoms with Crippen LogP contribution in [0.1, 0.15) is 0 Å². The maximum Gasteiger partial charge on any atom is 0.435 e. The molecule has 0 spiro atoms. The van der Waals surface area contributed by atoms with E-state index in [9.17, 15) is 30.7 Å². The van der Waals surface area contributed by atoms with Crippen molar-refractivity contribution in [1.82, 2.24) is 0 Å². The van der Waals surface area contributed by atoms with E-state index < -0.39 is 29.6 Å². The monoisotopic (exact) mass is 224 g/mol. The summed E-state index contributed by atoms with van der Waals surface area (Å²) < 4.78 is 81.5. The first kappa shape index (κ1) is 12.7. The lowest BCUT2D eigenvalue weighted by Crippen LogP contribution is -2.29. The number of halogens is 7. The summed E-state index contributed by atoms with van der Waals surface area (Å²) in [6.07, 6.45) is -10.9. The molecular weight excluding hydrogens is 221 g/mol. The lowest BCUT2D eigenvalue weighted by Gasteiger charge is -2.10. The third-order valence-corrected chi connectivity index (χ3v) is 1.04. The highest BCUT2D eigenvalue weighted by atomic mass is 19.4. The van der Waals surface area contributed by atoms with Crippen LogP contribution in [0.4, 0.5) is 30.7 Å². The molecule has 0 aliphatic carbocycles. The molecule has 0 atom stereocenters. The van der Waals surface area contributed by atoms with Gasteiger partial charge >= 0.3 is 12.4 Å². The van der Waals surface area contributed by atoms with Crippen molar-refractivity contribution in [3.8, 4) is 0 Å². The third kappa shape index (κ3) is 2.89. The van der Waals surface area contributed by atoms with Crippen molar-refractivity contribution >= 4 is 5.71 Å². The minimum absolute atomic E-state index is 2.57. The Morgan fingerprint density at radius 1 is 0.929 bits per heavy atom. The molecule has 0 aliphatic rings. The average Bonchev–Trinajstić information content (AvgIpc) is 1.97. The topological polar surface area (TPSA) is 49.9 Å². The van der Waals surface area contributed by atoms with Crippen LogP contribution in [0, 0.1) is 5.41 Å². The van der Waals surface area contributed by atoms with E-state index in [-0.39, 0.29) is 0 Å². The Hall–Kier alpha value is -1.28. The molecule has 2 nitrogen and oxygen atoms in total. The van der Waals surface area contributed by atoms with Crippen molar-refractivity contribution in [2.75, 3.05) is 0 Å². The number of nitrogens with one attached hydrogen (secondary N) is 1. The summed E-state index contributed by atoms with van der Waals surface area (Å²) in [4.78, 5) is 0. The molecule has 0 unspecified atom stereocenters. The minimum Gasteiger partial charge on any atom is -0.392 e. The highest BCUT2D eigenvalue weighted by molar-refractivity contribution is 6.00. The number of allylic oxidation sites excluding steroid dienone is 2. The summed E-state index contributed by atoms with van der Waals surface area (Å²) in [7, 11) is 0. The molecule has 0 saturated carbocycles. The number of hydrogen-bond acceptors (Lipinski definition) is 2. The standard InChI is InChI=1S/C5H3F7N2/c6-1(2(13)4(7,8)9)3(14)5(10,11)12/h13H,14H2. The maximum atomic E-state index is 12.3. The largest absolute Gasteiger partial charge is 0.435 e. The molecule has 0 amide bonds. The van der Waals surface area contributed by atoms with Gasteiger partial charge in [0.15, 0.2) is 17.2 Å². The predicted octanol–water partition coefficient (Wildman–Crippen LogP) is 2.27. The van der Waals surface area contributed by atoms with Crippen LogP contribution in [0.5, 0.6) is 0 Å². The van der Waals surface area contributed by atoms with Crippen LogP contribution >= 0.6 is 0 Å². The van der Waals surface area contributed by atoms with Gasteiger partial charge in [0.1, 0.15) is 0 Å². The fourth-order valence-electron chi connectivity index (χ4n) is 0.384. The average molecular weight is 224 g/mol. The number of hydrogen-bond donors (Lipinski definition) is 2. The number of rotatable bonds is 1. The zero-order valence-electron chi connectivity index (χ0n) is 6.22. The second kappa shape index (κ2) is 3.46. The summed E-state index contributed by atoms with van der Waals surface area (Å²) in [6, 6.07) is 0. The van der Waals surface area contributed by atoms with Gasteiger partial charge in [0.05, 0.1) is 0 Å². The Kier molecular flexibility index (Phi) is 3.15. The van der Waals surface area contributed by atoms with E-state index in [4.69, 9.17) is 5.41 Å². The first-order chi connectivity index (χ1) is 5.98. The highest BCUT2D eigenvalue weighted by Crippen LogP contribution is 2.29. The van der Waals surface area contributed by atoms with E-state index in [1.165, 1.54) is 0 Å². The number of nitrogens with two attached hydrogens (primary N) is 1. The van der Waals surface area contributed by atoms with E-state index in [1.54, 1.807) is 0 Å². The van der Waals surface area contributed by atoms with Gasteiger partial charge in [-0.25, -0.2) is 4.39 Å². The van der Waals surface area contributed by atoms with E-state index in [2.05, 4.69) is 5.73 Å².